The fraction of sp³-hybridized carbons (Fsp3) is 0.381. The fourth-order valence-corrected chi connectivity index (χ4v) is 3.51. The maximum atomic E-state index is 14.8. The summed E-state index contributed by atoms with van der Waals surface area (Å²) in [6.45, 7) is 1.85. The number of aryl methyl sites for hydroxylation is 1. The van der Waals surface area contributed by atoms with Gasteiger partial charge in [-0.3, -0.25) is 4.79 Å². The van der Waals surface area contributed by atoms with Gasteiger partial charge in [-0.1, -0.05) is 31.2 Å². The Morgan fingerprint density at radius 2 is 1.48 bits per heavy atom. The molecule has 0 bridgehead atoms. The first-order valence-corrected chi connectivity index (χ1v) is 9.29. The third-order valence-corrected chi connectivity index (χ3v) is 5.06. The topological polar surface area (TPSA) is 55.1 Å². The number of nitrogens with two attached hydrogens (primary N) is 1. The molecule has 2 aromatic rings. The molecule has 0 aliphatic carbocycles. The van der Waals surface area contributed by atoms with Crippen LogP contribution < -0.4 is 11.1 Å². The zero-order valence-electron chi connectivity index (χ0n) is 16.7. The Balaban J connectivity index is 2.59. The quantitative estimate of drug-likeness (QED) is 0.592. The molecule has 10 heteroatoms. The molecule has 0 radical (unpaired) electrons. The van der Waals surface area contributed by atoms with Crippen molar-refractivity contribution >= 4 is 5.91 Å². The molecule has 0 saturated carbocycles. The van der Waals surface area contributed by atoms with Gasteiger partial charge in [-0.15, -0.1) is 0 Å². The maximum Gasteiger partial charge on any atom is 0.435 e. The van der Waals surface area contributed by atoms with Gasteiger partial charge in [0.25, 0.3) is 5.91 Å². The molecular formula is C21H21F7N2O. The minimum atomic E-state index is -6.24. The number of hydrogen-bond acceptors (Lipinski definition) is 2. The highest BCUT2D eigenvalue weighted by molar-refractivity contribution is 5.94. The summed E-state index contributed by atoms with van der Waals surface area (Å²) in [5.41, 5.74) is -1.59. The van der Waals surface area contributed by atoms with Gasteiger partial charge in [-0.2, -0.15) is 26.3 Å². The first-order chi connectivity index (χ1) is 14.3. The Morgan fingerprint density at radius 3 is 1.94 bits per heavy atom. The molecule has 31 heavy (non-hydrogen) atoms. The summed E-state index contributed by atoms with van der Waals surface area (Å²) < 4.78 is 94.7. The van der Waals surface area contributed by atoms with E-state index >= 15 is 0 Å². The van der Waals surface area contributed by atoms with Gasteiger partial charge in [-0.05, 0) is 47.7 Å². The van der Waals surface area contributed by atoms with E-state index in [-0.39, 0.29) is 24.1 Å². The van der Waals surface area contributed by atoms with Gasteiger partial charge in [0, 0.05) is 24.2 Å². The van der Waals surface area contributed by atoms with Gasteiger partial charge >= 0.3 is 18.0 Å². The average molecular weight is 450 g/mol. The Hall–Kier alpha value is -2.62. The van der Waals surface area contributed by atoms with Crippen molar-refractivity contribution in [1.29, 1.82) is 0 Å². The van der Waals surface area contributed by atoms with Gasteiger partial charge < -0.3 is 11.1 Å². The van der Waals surface area contributed by atoms with E-state index in [4.69, 9.17) is 5.73 Å². The van der Waals surface area contributed by atoms with Crippen molar-refractivity contribution in [2.24, 2.45) is 5.73 Å². The average Bonchev–Trinajstić information content (AvgIpc) is 2.70. The van der Waals surface area contributed by atoms with Crippen LogP contribution in [0.25, 0.3) is 0 Å². The van der Waals surface area contributed by atoms with Crippen LogP contribution in [0.2, 0.25) is 0 Å². The van der Waals surface area contributed by atoms with E-state index in [2.05, 4.69) is 5.32 Å². The lowest BCUT2D eigenvalue weighted by Gasteiger charge is -2.33. The summed E-state index contributed by atoms with van der Waals surface area (Å²) in [5, 5.41) is 2.58. The minimum absolute atomic E-state index is 0.0104. The zero-order valence-corrected chi connectivity index (χ0v) is 16.7. The van der Waals surface area contributed by atoms with Crippen molar-refractivity contribution in [2.45, 2.75) is 51.4 Å². The number of benzene rings is 2. The second kappa shape index (κ2) is 8.86. The number of alkyl halides is 7. The molecule has 3 nitrogen and oxygen atoms in total. The van der Waals surface area contributed by atoms with Crippen molar-refractivity contribution in [3.05, 3.63) is 69.8 Å². The molecule has 2 rings (SSSR count). The standard InChI is InChI=1S/C21H21F7N2O/c1-3-14-15(10-29)17(19(22,20(23,24)25)21(26,27)28)9-12(2)16(14)11-30-18(31)13-7-5-4-6-8-13/h4-9H,3,10-11,29H2,1-2H3,(H,30,31). The molecule has 0 saturated heterocycles. The highest BCUT2D eigenvalue weighted by Gasteiger charge is 2.74. The Kier molecular flexibility index (Phi) is 7.04. The van der Waals surface area contributed by atoms with Crippen LogP contribution in [0.5, 0.6) is 0 Å². The van der Waals surface area contributed by atoms with Crippen molar-refractivity contribution in [3.63, 3.8) is 0 Å². The lowest BCUT2D eigenvalue weighted by molar-refractivity contribution is -0.348. The van der Waals surface area contributed by atoms with E-state index < -0.39 is 41.6 Å². The van der Waals surface area contributed by atoms with Crippen molar-refractivity contribution in [3.8, 4) is 0 Å². The monoisotopic (exact) mass is 450 g/mol. The molecule has 2 aromatic carbocycles. The maximum absolute atomic E-state index is 14.8. The molecule has 1 amide bonds. The number of nitrogens with one attached hydrogen (secondary N) is 1. The molecule has 0 aliphatic heterocycles. The molecule has 0 spiro atoms. The summed E-state index contributed by atoms with van der Waals surface area (Å²) in [6.07, 6.45) is -12.5. The van der Waals surface area contributed by atoms with Crippen LogP contribution in [-0.2, 0) is 25.2 Å². The molecule has 0 aromatic heterocycles. The predicted octanol–water partition coefficient (Wildman–Crippen LogP) is 5.24. The van der Waals surface area contributed by atoms with Crippen molar-refractivity contribution in [2.75, 3.05) is 0 Å². The number of carbonyl (C=O) groups excluding carboxylic acids is 1. The molecule has 0 unspecified atom stereocenters. The van der Waals surface area contributed by atoms with Crippen LogP contribution in [0.15, 0.2) is 36.4 Å². The highest BCUT2D eigenvalue weighted by atomic mass is 19.4. The first kappa shape index (κ1) is 24.6. The zero-order chi connectivity index (χ0) is 23.6. The summed E-state index contributed by atoms with van der Waals surface area (Å²) >= 11 is 0. The van der Waals surface area contributed by atoms with Crippen LogP contribution >= 0.6 is 0 Å². The summed E-state index contributed by atoms with van der Waals surface area (Å²) in [6, 6.07) is 8.57. The molecule has 0 heterocycles. The number of amides is 1. The lowest BCUT2D eigenvalue weighted by atomic mass is 9.82. The Morgan fingerprint density at radius 1 is 0.935 bits per heavy atom. The van der Waals surface area contributed by atoms with Crippen LogP contribution in [0, 0.1) is 6.92 Å². The van der Waals surface area contributed by atoms with E-state index in [9.17, 15) is 35.5 Å². The van der Waals surface area contributed by atoms with E-state index in [1.54, 1.807) is 30.3 Å². The van der Waals surface area contributed by atoms with Crippen LogP contribution in [0.3, 0.4) is 0 Å². The normalized spacial score (nSPS) is 12.7. The molecule has 170 valence electrons. The second-order valence-electron chi connectivity index (χ2n) is 6.94. The van der Waals surface area contributed by atoms with Gasteiger partial charge in [0.1, 0.15) is 0 Å². The van der Waals surface area contributed by atoms with E-state index in [1.165, 1.54) is 13.8 Å². The van der Waals surface area contributed by atoms with Crippen molar-refractivity contribution in [1.82, 2.24) is 5.32 Å². The SMILES string of the molecule is CCc1c(CNC(=O)c2ccccc2)c(C)cc(C(F)(C(F)(F)F)C(F)(F)F)c1CN. The van der Waals surface area contributed by atoms with Crippen LogP contribution in [0.4, 0.5) is 30.7 Å². The number of carbonyl (C=O) groups is 1. The third kappa shape index (κ3) is 4.53. The minimum Gasteiger partial charge on any atom is -0.348 e. The number of halogens is 7. The van der Waals surface area contributed by atoms with Gasteiger partial charge in [0.2, 0.25) is 0 Å². The third-order valence-electron chi connectivity index (χ3n) is 5.06. The highest BCUT2D eigenvalue weighted by Crippen LogP contribution is 2.54. The van der Waals surface area contributed by atoms with Gasteiger partial charge in [0.05, 0.1) is 0 Å². The van der Waals surface area contributed by atoms with Gasteiger partial charge in [0.15, 0.2) is 0 Å². The first-order valence-electron chi connectivity index (χ1n) is 9.29. The number of rotatable bonds is 6. The summed E-state index contributed by atoms with van der Waals surface area (Å²) in [4.78, 5) is 12.3. The molecule has 3 N–H and O–H groups in total. The lowest BCUT2D eigenvalue weighted by Crippen LogP contribution is -2.51. The summed E-state index contributed by atoms with van der Waals surface area (Å²) in [5.74, 6) is -0.481. The molecule has 0 fully saturated rings. The number of hydrogen-bond donors (Lipinski definition) is 2. The summed E-state index contributed by atoms with van der Waals surface area (Å²) in [7, 11) is 0. The predicted molar refractivity (Wildman–Crippen MR) is 101 cm³/mol. The van der Waals surface area contributed by atoms with E-state index in [0.717, 1.165) is 0 Å². The van der Waals surface area contributed by atoms with Gasteiger partial charge in [-0.25, -0.2) is 4.39 Å². The fourth-order valence-electron chi connectivity index (χ4n) is 3.51. The molecule has 0 aliphatic rings. The van der Waals surface area contributed by atoms with E-state index in [0.29, 0.717) is 17.2 Å². The smallest absolute Gasteiger partial charge is 0.348 e. The van der Waals surface area contributed by atoms with E-state index in [1.807, 2.05) is 0 Å². The van der Waals surface area contributed by atoms with Crippen molar-refractivity contribution < 1.29 is 35.5 Å². The Labute approximate surface area is 174 Å². The van der Waals surface area contributed by atoms with Crippen LogP contribution in [-0.4, -0.2) is 18.3 Å². The largest absolute Gasteiger partial charge is 0.435 e. The Bertz CT molecular complexity index is 923. The second-order valence-corrected chi connectivity index (χ2v) is 6.94. The molecule has 0 atom stereocenters. The molecular weight excluding hydrogens is 429 g/mol. The van der Waals surface area contributed by atoms with Crippen LogP contribution in [0.1, 0.15) is 45.1 Å².